The maximum absolute atomic E-state index is 11.6. The van der Waals surface area contributed by atoms with Gasteiger partial charge in [-0.15, -0.1) is 0 Å². The molecule has 0 spiro atoms. The zero-order valence-corrected chi connectivity index (χ0v) is 12.7. The molecule has 0 radical (unpaired) electrons. The van der Waals surface area contributed by atoms with E-state index in [4.69, 9.17) is 10.5 Å². The summed E-state index contributed by atoms with van der Waals surface area (Å²) in [7, 11) is -1.58. The van der Waals surface area contributed by atoms with Crippen molar-refractivity contribution >= 4 is 15.5 Å². The summed E-state index contributed by atoms with van der Waals surface area (Å²) in [5.74, 6) is 0.900. The normalized spacial score (nSPS) is 11.6. The second kappa shape index (κ2) is 4.82. The number of rotatable bonds is 3. The van der Waals surface area contributed by atoms with Gasteiger partial charge in [0.2, 0.25) is 0 Å². The number of sulfone groups is 1. The van der Waals surface area contributed by atoms with Gasteiger partial charge in [0.15, 0.2) is 21.3 Å². The first kappa shape index (κ1) is 14.4. The molecular weight excluding hydrogens is 278 g/mol. The molecular formula is C13H17N3O3S. The number of nitrogen functional groups attached to an aromatic ring is 1. The zero-order valence-electron chi connectivity index (χ0n) is 11.8. The van der Waals surface area contributed by atoms with E-state index in [9.17, 15) is 8.42 Å². The molecule has 0 aliphatic heterocycles. The fourth-order valence-corrected chi connectivity index (χ4v) is 2.77. The first-order valence-electron chi connectivity index (χ1n) is 5.98. The highest BCUT2D eigenvalue weighted by Gasteiger charge is 2.18. The van der Waals surface area contributed by atoms with Crippen LogP contribution in [-0.4, -0.2) is 24.5 Å². The minimum Gasteiger partial charge on any atom is -0.451 e. The van der Waals surface area contributed by atoms with Crippen molar-refractivity contribution in [3.63, 3.8) is 0 Å². The summed E-state index contributed by atoms with van der Waals surface area (Å²) in [5.41, 5.74) is 7.56. The van der Waals surface area contributed by atoms with Gasteiger partial charge in [0.05, 0.1) is 16.3 Å². The Hall–Kier alpha value is -2.02. The Balaban J connectivity index is 2.50. The molecule has 0 fully saturated rings. The van der Waals surface area contributed by atoms with Gasteiger partial charge >= 0.3 is 0 Å². The monoisotopic (exact) mass is 295 g/mol. The SMILES string of the molecule is Cc1nn(C)c(C)c1Oc1cccc(S(C)(=O)=O)c1N. The summed E-state index contributed by atoms with van der Waals surface area (Å²) in [6, 6.07) is 4.69. The number of hydrogen-bond acceptors (Lipinski definition) is 5. The van der Waals surface area contributed by atoms with Crippen molar-refractivity contribution in [2.75, 3.05) is 12.0 Å². The van der Waals surface area contributed by atoms with E-state index in [2.05, 4.69) is 5.10 Å². The molecule has 108 valence electrons. The average Bonchev–Trinajstić information content (AvgIpc) is 2.57. The molecule has 0 bridgehead atoms. The molecule has 0 saturated heterocycles. The van der Waals surface area contributed by atoms with E-state index >= 15 is 0 Å². The van der Waals surface area contributed by atoms with Crippen molar-refractivity contribution in [2.24, 2.45) is 7.05 Å². The fraction of sp³-hybridized carbons (Fsp3) is 0.308. The van der Waals surface area contributed by atoms with Crippen LogP contribution in [0.5, 0.6) is 11.5 Å². The van der Waals surface area contributed by atoms with Gasteiger partial charge in [0, 0.05) is 13.3 Å². The predicted octanol–water partition coefficient (Wildman–Crippen LogP) is 1.81. The van der Waals surface area contributed by atoms with Crippen LogP contribution in [0.4, 0.5) is 5.69 Å². The van der Waals surface area contributed by atoms with E-state index in [0.29, 0.717) is 17.2 Å². The van der Waals surface area contributed by atoms with Gasteiger partial charge in [-0.2, -0.15) is 5.10 Å². The van der Waals surface area contributed by atoms with Crippen molar-refractivity contribution in [1.29, 1.82) is 0 Å². The quantitative estimate of drug-likeness (QED) is 0.873. The highest BCUT2D eigenvalue weighted by Crippen LogP contribution is 2.34. The van der Waals surface area contributed by atoms with Gasteiger partial charge in [-0.1, -0.05) is 6.07 Å². The number of ether oxygens (including phenoxy) is 1. The fourth-order valence-electron chi connectivity index (χ4n) is 1.95. The Morgan fingerprint density at radius 1 is 1.30 bits per heavy atom. The van der Waals surface area contributed by atoms with Gasteiger partial charge in [-0.05, 0) is 26.0 Å². The van der Waals surface area contributed by atoms with Crippen molar-refractivity contribution in [3.05, 3.63) is 29.6 Å². The minimum absolute atomic E-state index is 0.0641. The third-order valence-corrected chi connectivity index (χ3v) is 4.24. The van der Waals surface area contributed by atoms with Crippen LogP contribution in [0, 0.1) is 13.8 Å². The van der Waals surface area contributed by atoms with Crippen LogP contribution in [0.3, 0.4) is 0 Å². The molecule has 0 amide bonds. The topological polar surface area (TPSA) is 87.2 Å². The summed E-state index contributed by atoms with van der Waals surface area (Å²) >= 11 is 0. The Kier molecular flexibility index (Phi) is 3.47. The minimum atomic E-state index is -3.39. The number of para-hydroxylation sites is 1. The average molecular weight is 295 g/mol. The maximum Gasteiger partial charge on any atom is 0.177 e. The predicted molar refractivity (Wildman–Crippen MR) is 76.7 cm³/mol. The zero-order chi connectivity index (χ0) is 15.1. The van der Waals surface area contributed by atoms with Crippen LogP contribution in [0.15, 0.2) is 23.1 Å². The van der Waals surface area contributed by atoms with E-state index < -0.39 is 9.84 Å². The molecule has 0 saturated carbocycles. The lowest BCUT2D eigenvalue weighted by molar-refractivity contribution is 0.475. The van der Waals surface area contributed by atoms with Crippen LogP contribution in [0.25, 0.3) is 0 Å². The first-order chi connectivity index (χ1) is 9.21. The van der Waals surface area contributed by atoms with Gasteiger partial charge in [0.1, 0.15) is 5.69 Å². The molecule has 7 heteroatoms. The Bertz CT molecular complexity index is 763. The number of hydrogen-bond donors (Lipinski definition) is 1. The van der Waals surface area contributed by atoms with Gasteiger partial charge in [-0.3, -0.25) is 4.68 Å². The number of aromatic nitrogens is 2. The van der Waals surface area contributed by atoms with Crippen LogP contribution < -0.4 is 10.5 Å². The van der Waals surface area contributed by atoms with Crippen molar-refractivity contribution in [3.8, 4) is 11.5 Å². The number of benzene rings is 1. The van der Waals surface area contributed by atoms with Crippen molar-refractivity contribution in [2.45, 2.75) is 18.7 Å². The second-order valence-corrected chi connectivity index (χ2v) is 6.65. The summed E-state index contributed by atoms with van der Waals surface area (Å²) in [4.78, 5) is 0.0641. The van der Waals surface area contributed by atoms with E-state index in [1.54, 1.807) is 16.8 Å². The van der Waals surface area contributed by atoms with Crippen LogP contribution in [0.1, 0.15) is 11.4 Å². The summed E-state index contributed by atoms with van der Waals surface area (Å²) < 4.78 is 30.7. The summed E-state index contributed by atoms with van der Waals surface area (Å²) in [6.07, 6.45) is 1.11. The molecule has 1 heterocycles. The molecule has 0 atom stereocenters. The Labute approximate surface area is 118 Å². The Morgan fingerprint density at radius 3 is 2.45 bits per heavy atom. The number of nitrogens with two attached hydrogens (primary N) is 1. The van der Waals surface area contributed by atoms with E-state index in [1.165, 1.54) is 6.07 Å². The van der Waals surface area contributed by atoms with Gasteiger partial charge < -0.3 is 10.5 Å². The van der Waals surface area contributed by atoms with Gasteiger partial charge in [-0.25, -0.2) is 8.42 Å². The number of anilines is 1. The van der Waals surface area contributed by atoms with E-state index in [-0.39, 0.29) is 10.6 Å². The molecule has 0 aliphatic carbocycles. The number of nitrogens with zero attached hydrogens (tertiary/aromatic N) is 2. The highest BCUT2D eigenvalue weighted by atomic mass is 32.2. The van der Waals surface area contributed by atoms with Gasteiger partial charge in [0.25, 0.3) is 0 Å². The van der Waals surface area contributed by atoms with Crippen LogP contribution in [0.2, 0.25) is 0 Å². The maximum atomic E-state index is 11.6. The third kappa shape index (κ3) is 2.49. The molecule has 1 aromatic carbocycles. The standard InChI is InChI=1S/C13H17N3O3S/c1-8-13(9(2)16(3)15-8)19-10-6-5-7-11(12(10)14)20(4,17)18/h5-7H,14H2,1-4H3. The molecule has 20 heavy (non-hydrogen) atoms. The van der Waals surface area contributed by atoms with E-state index in [1.807, 2.05) is 20.9 Å². The molecule has 2 N–H and O–H groups in total. The molecule has 0 aliphatic rings. The third-order valence-electron chi connectivity index (χ3n) is 3.08. The molecule has 0 unspecified atom stereocenters. The lowest BCUT2D eigenvalue weighted by Gasteiger charge is -2.11. The Morgan fingerprint density at radius 2 is 1.95 bits per heavy atom. The van der Waals surface area contributed by atoms with Crippen molar-refractivity contribution < 1.29 is 13.2 Å². The molecule has 6 nitrogen and oxygen atoms in total. The highest BCUT2D eigenvalue weighted by molar-refractivity contribution is 7.90. The van der Waals surface area contributed by atoms with Crippen LogP contribution in [-0.2, 0) is 16.9 Å². The lowest BCUT2D eigenvalue weighted by atomic mass is 10.3. The molecule has 1 aromatic heterocycles. The largest absolute Gasteiger partial charge is 0.451 e. The van der Waals surface area contributed by atoms with E-state index in [0.717, 1.165) is 11.9 Å². The summed E-state index contributed by atoms with van der Waals surface area (Å²) in [5, 5.41) is 4.24. The lowest BCUT2D eigenvalue weighted by Crippen LogP contribution is -2.04. The smallest absolute Gasteiger partial charge is 0.177 e. The first-order valence-corrected chi connectivity index (χ1v) is 7.87. The number of aryl methyl sites for hydroxylation is 2. The molecule has 2 aromatic rings. The van der Waals surface area contributed by atoms with Crippen molar-refractivity contribution in [1.82, 2.24) is 9.78 Å². The van der Waals surface area contributed by atoms with Crippen LogP contribution >= 0.6 is 0 Å². The summed E-state index contributed by atoms with van der Waals surface area (Å²) in [6.45, 7) is 3.69. The second-order valence-electron chi connectivity index (χ2n) is 4.67. The molecule has 2 rings (SSSR count).